The van der Waals surface area contributed by atoms with Gasteiger partial charge >= 0.3 is 0 Å². The quantitative estimate of drug-likeness (QED) is 0.0714. The van der Waals surface area contributed by atoms with Crippen LogP contribution in [0.1, 0.15) is 224 Å². The standard InChI is InChI=1S/C20H29N3O3.2C8H10.C6H13NO.4C5H12.2C2H6.4CH5N.10CH2O.6H3N.3H2/c1-15(20(26)23-12-8-5-9-13-23)21-19(25)18(22(3)16(2)24)14-17-10-6-4-7-11-17;2*1-2-8-6-4-3-5-7-8;1-4-5-6(8)7(2)3;4*1-4-5(2)3;16*1-2;;;;;;;;;/h4,6-7,10-11,15,18H,5,8-9,12-14H2,1-3H3,(H,21,25);2*3-7H,2H2,1H3;4-5H2,1-3H3;4*5H,4H2,1-3H3;2*1-2H3;4*2H2,1H3;10*1H2;6*1H3;3*1H/t15-,18-;;;;;;;;;;;;;;;;;;;;;;;;;;;;;;;;/m0................................/s1. The van der Waals surface area contributed by atoms with Gasteiger partial charge in [0.25, 0.3) is 0 Å². The highest BCUT2D eigenvalue weighted by Crippen LogP contribution is 2.12. The SMILES string of the molecule is C=O.C=O.C=O.C=O.C=O.C=O.C=O.C=O.C=O.C=O.CC.CC.CC(=O)N(C)[C@@H](Cc1ccccc1)C(=O)N[C@@H](C)C(=O)N1CCCCC1.CCC(C)C.CCC(C)C.CCC(C)C.CCC(C)C.CCCC(=O)N(C)C.CCc1ccccc1.CCc1ccccc1.CN.CN.CN.CN.N.N.N.N.N.N.[HH].[HH].[HH]. The average Bonchev–Trinajstić information content (AvgIpc) is 0.851. The number of aryl methyl sites for hydroxylation is 2. The van der Waals surface area contributed by atoms with Gasteiger partial charge < -0.3 is 128 Å². The minimum absolute atomic E-state index is 0. The minimum Gasteiger partial charge on any atom is -0.349 e. The first-order valence-electron chi connectivity index (χ1n) is 34.4. The van der Waals surface area contributed by atoms with Crippen molar-refractivity contribution in [3.63, 3.8) is 0 Å². The molecule has 1 aliphatic heterocycles. The molecule has 660 valence electrons. The largest absolute Gasteiger partial charge is 0.349 e. The molecule has 28 heteroatoms. The lowest BCUT2D eigenvalue weighted by molar-refractivity contribution is -0.140. The fourth-order valence-corrected chi connectivity index (χ4v) is 5.09. The Morgan fingerprint density at radius 3 is 0.778 bits per heavy atom. The maximum Gasteiger partial charge on any atom is 0.244 e. The second kappa shape index (κ2) is 194. The highest BCUT2D eigenvalue weighted by molar-refractivity contribution is 5.91. The second-order valence-corrected chi connectivity index (χ2v) is 19.9. The molecule has 3 aromatic carbocycles. The molecule has 1 fully saturated rings. The molecule has 0 bridgehead atoms. The topological polar surface area (TPSA) is 575 Å². The number of carbonyl (C=O) groups excluding carboxylic acids is 14. The van der Waals surface area contributed by atoms with E-state index < -0.39 is 12.1 Å². The molecule has 2 atom stereocenters. The molecule has 0 saturated carbocycles. The zero-order chi connectivity index (χ0) is 86.5. The van der Waals surface area contributed by atoms with Crippen LogP contribution in [0.4, 0.5) is 0 Å². The molecule has 28 nitrogen and oxygen atoms in total. The van der Waals surface area contributed by atoms with Crippen molar-refractivity contribution in [2.75, 3.05) is 62.4 Å². The van der Waals surface area contributed by atoms with Crippen molar-refractivity contribution in [2.24, 2.45) is 46.6 Å². The minimum atomic E-state index is -0.647. The summed E-state index contributed by atoms with van der Waals surface area (Å²) in [7, 11) is 11.2. The van der Waals surface area contributed by atoms with E-state index in [9.17, 15) is 19.2 Å². The number of rotatable bonds is 14. The van der Waals surface area contributed by atoms with Gasteiger partial charge in [-0.1, -0.05) is 248 Å². The summed E-state index contributed by atoms with van der Waals surface area (Å²) in [5, 5.41) is 2.81. The summed E-state index contributed by atoms with van der Waals surface area (Å²) in [6.07, 6.45) is 12.7. The molecule has 0 radical (unpaired) electrons. The van der Waals surface area contributed by atoms with E-state index in [1.54, 1.807) is 33.0 Å². The van der Waals surface area contributed by atoms with E-state index in [4.69, 9.17) is 47.9 Å². The van der Waals surface area contributed by atoms with E-state index in [0.717, 1.165) is 80.8 Å². The van der Waals surface area contributed by atoms with Crippen molar-refractivity contribution >= 4 is 91.5 Å². The number of nitrogens with two attached hydrogens (primary N) is 4. The van der Waals surface area contributed by atoms with Gasteiger partial charge in [-0.05, 0) is 114 Å². The summed E-state index contributed by atoms with van der Waals surface area (Å²) in [4.78, 5) is 133. The van der Waals surface area contributed by atoms with Gasteiger partial charge in [0.1, 0.15) is 80.0 Å². The lowest BCUT2D eigenvalue weighted by Crippen LogP contribution is -2.54. The number of likely N-dealkylation sites (tertiary alicyclic amines) is 1. The van der Waals surface area contributed by atoms with Crippen LogP contribution in [0.25, 0.3) is 0 Å². The second-order valence-electron chi connectivity index (χ2n) is 19.9. The van der Waals surface area contributed by atoms with Gasteiger partial charge in [0.05, 0.1) is 0 Å². The van der Waals surface area contributed by atoms with Crippen molar-refractivity contribution in [3.05, 3.63) is 108 Å². The number of carbonyl (C=O) groups is 14. The van der Waals surface area contributed by atoms with Crippen LogP contribution >= 0.6 is 0 Å². The van der Waals surface area contributed by atoms with Gasteiger partial charge in [-0.15, -0.1) is 0 Å². The third-order valence-electron chi connectivity index (χ3n) is 11.7. The first kappa shape index (κ1) is 179. The first-order chi connectivity index (χ1) is 49.0. The third-order valence-corrected chi connectivity index (χ3v) is 11.7. The fraction of sp³-hybridized carbons (Fsp3) is 0.600. The molecule has 1 saturated heterocycles. The van der Waals surface area contributed by atoms with Crippen LogP contribution < -0.4 is 65.2 Å². The summed E-state index contributed by atoms with van der Waals surface area (Å²) in [5.74, 6) is 3.21. The monoisotopic (exact) mass is 1570 g/mol. The van der Waals surface area contributed by atoms with E-state index >= 15 is 0 Å². The Balaban J connectivity index is -0.0000000255. The van der Waals surface area contributed by atoms with Crippen molar-refractivity contribution in [3.8, 4) is 0 Å². The number of benzene rings is 3. The van der Waals surface area contributed by atoms with Crippen LogP contribution in [0.15, 0.2) is 91.0 Å². The number of nitrogens with one attached hydrogen (secondary N) is 1. The summed E-state index contributed by atoms with van der Waals surface area (Å²) in [5.41, 5.74) is 21.8. The third kappa shape index (κ3) is 183. The Kier molecular flexibility index (Phi) is 321. The number of amides is 4. The molecule has 1 heterocycles. The van der Waals surface area contributed by atoms with Crippen molar-refractivity contribution < 1.29 is 71.4 Å². The number of hydrogen-bond donors (Lipinski definition) is 11. The highest BCUT2D eigenvalue weighted by atomic mass is 16.2. The van der Waals surface area contributed by atoms with E-state index in [1.807, 2.05) is 150 Å². The van der Waals surface area contributed by atoms with Gasteiger partial charge in [0, 0.05) is 58.3 Å². The Labute approximate surface area is 668 Å². The van der Waals surface area contributed by atoms with Crippen LogP contribution in [-0.4, -0.2) is 181 Å². The summed E-state index contributed by atoms with van der Waals surface area (Å²) in [6, 6.07) is 29.2. The van der Waals surface area contributed by atoms with Gasteiger partial charge in [0.2, 0.25) is 23.6 Å². The molecule has 3 aromatic rings. The molecule has 108 heavy (non-hydrogen) atoms. The van der Waals surface area contributed by atoms with E-state index in [1.165, 1.54) is 76.8 Å². The van der Waals surface area contributed by atoms with Gasteiger partial charge in [-0.3, -0.25) is 19.2 Å². The normalized spacial score (nSPS) is 8.46. The number of nitrogens with zero attached hydrogens (tertiary/aromatic N) is 3. The molecule has 27 N–H and O–H groups in total. The lowest BCUT2D eigenvalue weighted by atomic mass is 10.0. The Bertz CT molecular complexity index is 1780. The molecular weight excluding hydrogens is 1380 g/mol. The summed E-state index contributed by atoms with van der Waals surface area (Å²) in [6.45, 7) is 65.5. The van der Waals surface area contributed by atoms with E-state index in [-0.39, 0.29) is 64.8 Å². The maximum atomic E-state index is 12.8. The van der Waals surface area contributed by atoms with Crippen molar-refractivity contribution in [1.82, 2.24) is 56.9 Å². The zero-order valence-corrected chi connectivity index (χ0v) is 74.7. The molecule has 0 aromatic heterocycles. The van der Waals surface area contributed by atoms with Gasteiger partial charge in [-0.25, -0.2) is 0 Å². The van der Waals surface area contributed by atoms with Crippen LogP contribution in [0.5, 0.6) is 0 Å². The zero-order valence-electron chi connectivity index (χ0n) is 74.7. The smallest absolute Gasteiger partial charge is 0.244 e. The highest BCUT2D eigenvalue weighted by Gasteiger charge is 2.30. The molecule has 0 spiro atoms. The van der Waals surface area contributed by atoms with E-state index in [0.29, 0.717) is 12.8 Å². The predicted octanol–water partition coefficient (Wildman–Crippen LogP) is 15.4. The van der Waals surface area contributed by atoms with Gasteiger partial charge in [0.15, 0.2) is 0 Å². The summed E-state index contributed by atoms with van der Waals surface area (Å²) >= 11 is 0. The van der Waals surface area contributed by atoms with Crippen LogP contribution in [0, 0.1) is 23.7 Å². The predicted molar refractivity (Wildman–Crippen MR) is 477 cm³/mol. The van der Waals surface area contributed by atoms with Crippen molar-refractivity contribution in [1.29, 1.82) is 0 Å². The molecule has 1 aliphatic rings. The van der Waals surface area contributed by atoms with Crippen LogP contribution in [-0.2, 0) is 86.4 Å². The maximum absolute atomic E-state index is 12.8. The molecular formula is C80H186N14O14. The number of likely N-dealkylation sites (N-methyl/N-ethyl adjacent to an activating group) is 1. The molecule has 4 amide bonds. The lowest BCUT2D eigenvalue weighted by Gasteiger charge is -2.31. The Morgan fingerprint density at radius 1 is 0.407 bits per heavy atom. The Morgan fingerprint density at radius 2 is 0.620 bits per heavy atom. The molecule has 4 rings (SSSR count). The van der Waals surface area contributed by atoms with Crippen LogP contribution in [0.2, 0.25) is 0 Å². The summed E-state index contributed by atoms with van der Waals surface area (Å²) < 4.78 is 0. The van der Waals surface area contributed by atoms with Gasteiger partial charge in [-0.2, -0.15) is 0 Å². The van der Waals surface area contributed by atoms with Crippen molar-refractivity contribution in [2.45, 2.75) is 235 Å². The number of hydrogen-bond acceptors (Lipinski definition) is 24. The number of piperidine rings is 1. The molecule has 0 unspecified atom stereocenters. The van der Waals surface area contributed by atoms with Crippen LogP contribution in [0.3, 0.4) is 0 Å². The first-order valence-corrected chi connectivity index (χ1v) is 34.4. The Hall–Kier alpha value is -8.16. The molecule has 0 aliphatic carbocycles. The fourth-order valence-electron chi connectivity index (χ4n) is 5.09. The van der Waals surface area contributed by atoms with E-state index in [2.05, 4.69) is 174 Å². The average molecular weight is 1570 g/mol.